The smallest absolute Gasteiger partial charge is 0.327 e. The van der Waals surface area contributed by atoms with Crippen molar-refractivity contribution in [3.8, 4) is 0 Å². The number of carbonyl (C=O) groups excluding carboxylic acids is 2. The van der Waals surface area contributed by atoms with E-state index in [2.05, 4.69) is 5.32 Å². The summed E-state index contributed by atoms with van der Waals surface area (Å²) in [6.45, 7) is 3.58. The van der Waals surface area contributed by atoms with Crippen LogP contribution in [0.1, 0.15) is 25.5 Å². The van der Waals surface area contributed by atoms with Gasteiger partial charge in [0.2, 0.25) is 11.8 Å². The molecule has 128 valence electrons. The van der Waals surface area contributed by atoms with Crippen molar-refractivity contribution in [1.82, 2.24) is 10.2 Å². The van der Waals surface area contributed by atoms with Crippen molar-refractivity contribution < 1.29 is 19.5 Å². The number of amides is 2. The minimum atomic E-state index is -1.03. The van der Waals surface area contributed by atoms with E-state index in [0.717, 1.165) is 0 Å². The van der Waals surface area contributed by atoms with E-state index in [1.54, 1.807) is 38.1 Å². The van der Waals surface area contributed by atoms with Crippen LogP contribution in [0.15, 0.2) is 30.3 Å². The predicted molar refractivity (Wildman–Crippen MR) is 89.0 cm³/mol. The number of β-lactam (4-membered cyclic amide) rings is 1. The molecule has 0 bridgehead atoms. The first kappa shape index (κ1) is 16.8. The van der Waals surface area contributed by atoms with Crippen molar-refractivity contribution in [3.05, 3.63) is 35.9 Å². The van der Waals surface area contributed by atoms with Crippen molar-refractivity contribution in [2.45, 2.75) is 42.1 Å². The molecule has 0 aromatic heterocycles. The number of aliphatic carboxylic acids is 1. The summed E-state index contributed by atoms with van der Waals surface area (Å²) in [6.07, 6.45) is 0. The number of hydrogen-bond donors (Lipinski definition) is 3. The van der Waals surface area contributed by atoms with Gasteiger partial charge in [-0.15, -0.1) is 11.8 Å². The first-order valence-electron chi connectivity index (χ1n) is 7.58. The van der Waals surface area contributed by atoms with Gasteiger partial charge >= 0.3 is 5.97 Å². The lowest BCUT2D eigenvalue weighted by atomic mass is 9.95. The van der Waals surface area contributed by atoms with Crippen LogP contribution in [0.25, 0.3) is 0 Å². The molecule has 2 heterocycles. The molecular weight excluding hydrogens is 330 g/mol. The Morgan fingerprint density at radius 1 is 1.33 bits per heavy atom. The Hall–Kier alpha value is -2.06. The molecule has 1 aromatic carbocycles. The molecule has 3 unspecified atom stereocenters. The number of carboxylic acids is 1. The van der Waals surface area contributed by atoms with Crippen molar-refractivity contribution in [2.75, 3.05) is 0 Å². The van der Waals surface area contributed by atoms with Crippen molar-refractivity contribution in [1.29, 1.82) is 0 Å². The molecule has 4 N–H and O–H groups in total. The molecule has 2 aliphatic rings. The van der Waals surface area contributed by atoms with E-state index in [4.69, 9.17) is 5.73 Å². The van der Waals surface area contributed by atoms with E-state index < -0.39 is 34.7 Å². The van der Waals surface area contributed by atoms with Crippen molar-refractivity contribution in [2.24, 2.45) is 5.73 Å². The maximum absolute atomic E-state index is 12.3. The molecule has 4 atom stereocenters. The molecule has 7 nitrogen and oxygen atoms in total. The zero-order valence-electron chi connectivity index (χ0n) is 13.3. The Balaban J connectivity index is 1.71. The highest BCUT2D eigenvalue weighted by molar-refractivity contribution is 8.01. The number of benzene rings is 1. The van der Waals surface area contributed by atoms with E-state index in [1.807, 2.05) is 6.07 Å². The maximum atomic E-state index is 12.3. The van der Waals surface area contributed by atoms with Crippen molar-refractivity contribution in [3.63, 3.8) is 0 Å². The Morgan fingerprint density at radius 3 is 2.54 bits per heavy atom. The second kappa shape index (κ2) is 5.78. The lowest BCUT2D eigenvalue weighted by Gasteiger charge is -2.43. The molecule has 0 aliphatic carbocycles. The van der Waals surface area contributed by atoms with Crippen LogP contribution >= 0.6 is 11.8 Å². The number of fused-ring (bicyclic) bond motifs is 1. The highest BCUT2D eigenvalue weighted by Gasteiger charge is 2.64. The summed E-state index contributed by atoms with van der Waals surface area (Å²) >= 11 is 1.38. The Bertz CT molecular complexity index is 694. The molecule has 0 saturated carbocycles. The Kier molecular flexibility index (Phi) is 4.05. The Labute approximate surface area is 143 Å². The fourth-order valence-electron chi connectivity index (χ4n) is 3.20. The maximum Gasteiger partial charge on any atom is 0.327 e. The molecule has 0 radical (unpaired) electrons. The summed E-state index contributed by atoms with van der Waals surface area (Å²) < 4.78 is -0.618. The molecule has 2 fully saturated rings. The number of carboxylic acid groups (broad SMARTS) is 1. The van der Waals surface area contributed by atoms with Crippen LogP contribution in [0.4, 0.5) is 0 Å². The summed E-state index contributed by atoms with van der Waals surface area (Å²) in [7, 11) is 0. The highest BCUT2D eigenvalue weighted by atomic mass is 32.2. The van der Waals surface area contributed by atoms with Crippen LogP contribution < -0.4 is 11.1 Å². The first-order chi connectivity index (χ1) is 11.2. The second-order valence-electron chi connectivity index (χ2n) is 6.47. The number of thioether (sulfide) groups is 1. The third kappa shape index (κ3) is 2.55. The van der Waals surface area contributed by atoms with Gasteiger partial charge in [-0.25, -0.2) is 4.79 Å². The molecule has 8 heteroatoms. The van der Waals surface area contributed by atoms with Crippen LogP contribution in [0.2, 0.25) is 0 Å². The molecule has 3 rings (SSSR count). The number of nitrogens with one attached hydrogen (secondary N) is 1. The lowest BCUT2D eigenvalue weighted by molar-refractivity contribution is -0.161. The summed E-state index contributed by atoms with van der Waals surface area (Å²) in [5.41, 5.74) is 6.59. The van der Waals surface area contributed by atoms with Gasteiger partial charge in [-0.05, 0) is 19.4 Å². The third-order valence-electron chi connectivity index (χ3n) is 4.41. The van der Waals surface area contributed by atoms with Gasteiger partial charge < -0.3 is 21.1 Å². The van der Waals surface area contributed by atoms with Crippen LogP contribution in [-0.2, 0) is 14.4 Å². The van der Waals surface area contributed by atoms with Gasteiger partial charge in [0.1, 0.15) is 23.5 Å². The molecule has 2 aliphatic heterocycles. The van der Waals surface area contributed by atoms with Gasteiger partial charge in [-0.2, -0.15) is 0 Å². The van der Waals surface area contributed by atoms with Gasteiger partial charge in [0.25, 0.3) is 0 Å². The zero-order valence-corrected chi connectivity index (χ0v) is 14.1. The SMILES string of the molecule is CC1(C)SC2C(NC(=O)[C@@H](N)c3ccccc3)C(=O)N2C1C(=O)O. The van der Waals surface area contributed by atoms with Crippen LogP contribution in [0.3, 0.4) is 0 Å². The minimum Gasteiger partial charge on any atom is -0.480 e. The van der Waals surface area contributed by atoms with Gasteiger partial charge in [0.15, 0.2) is 0 Å². The van der Waals surface area contributed by atoms with E-state index >= 15 is 0 Å². The number of carbonyl (C=O) groups is 3. The Morgan fingerprint density at radius 2 is 1.96 bits per heavy atom. The molecule has 0 spiro atoms. The topological polar surface area (TPSA) is 113 Å². The third-order valence-corrected chi connectivity index (χ3v) is 5.99. The molecular formula is C16H19N3O4S. The average molecular weight is 349 g/mol. The summed E-state index contributed by atoms with van der Waals surface area (Å²) in [6, 6.07) is 6.38. The average Bonchev–Trinajstić information content (AvgIpc) is 2.80. The first-order valence-corrected chi connectivity index (χ1v) is 8.45. The lowest BCUT2D eigenvalue weighted by Crippen LogP contribution is -2.71. The molecule has 2 saturated heterocycles. The van der Waals surface area contributed by atoms with Crippen LogP contribution in [0, 0.1) is 0 Å². The van der Waals surface area contributed by atoms with Gasteiger partial charge in [-0.1, -0.05) is 30.3 Å². The number of hydrogen-bond acceptors (Lipinski definition) is 5. The van der Waals surface area contributed by atoms with E-state index in [1.165, 1.54) is 16.7 Å². The van der Waals surface area contributed by atoms with E-state index in [-0.39, 0.29) is 11.3 Å². The van der Waals surface area contributed by atoms with E-state index in [9.17, 15) is 19.5 Å². The van der Waals surface area contributed by atoms with Gasteiger partial charge in [0.05, 0.1) is 0 Å². The predicted octanol–water partition coefficient (Wildman–Crippen LogP) is 0.318. The van der Waals surface area contributed by atoms with E-state index in [0.29, 0.717) is 5.56 Å². The molecule has 24 heavy (non-hydrogen) atoms. The molecule has 2 amide bonds. The minimum absolute atomic E-state index is 0.375. The van der Waals surface area contributed by atoms with Gasteiger partial charge in [0, 0.05) is 4.75 Å². The zero-order chi connectivity index (χ0) is 17.6. The summed E-state index contributed by atoms with van der Waals surface area (Å²) in [5, 5.41) is 11.7. The molecule has 1 aromatic rings. The van der Waals surface area contributed by atoms with Crippen LogP contribution in [0.5, 0.6) is 0 Å². The number of rotatable bonds is 4. The fraction of sp³-hybridized carbons (Fsp3) is 0.438. The van der Waals surface area contributed by atoms with Crippen LogP contribution in [-0.4, -0.2) is 50.0 Å². The standard InChI is InChI=1S/C16H19N3O4S/c1-16(2)11(15(22)23)19-13(21)10(14(19)24-16)18-12(20)9(17)8-6-4-3-5-7-8/h3-7,9-11,14H,17H2,1-2H3,(H,18,20)(H,22,23)/t9-,10?,11?,14?/m0/s1. The van der Waals surface area contributed by atoms with Crippen molar-refractivity contribution >= 4 is 29.5 Å². The summed E-state index contributed by atoms with van der Waals surface area (Å²) in [4.78, 5) is 37.5. The highest BCUT2D eigenvalue weighted by Crippen LogP contribution is 2.50. The normalized spacial score (nSPS) is 28.7. The number of nitrogens with two attached hydrogens (primary N) is 1. The van der Waals surface area contributed by atoms with Gasteiger partial charge in [-0.3, -0.25) is 9.59 Å². The fourth-order valence-corrected chi connectivity index (χ4v) is 4.83. The summed E-state index contributed by atoms with van der Waals surface area (Å²) in [5.74, 6) is -1.86. The monoisotopic (exact) mass is 349 g/mol. The largest absolute Gasteiger partial charge is 0.480 e. The number of nitrogens with zero attached hydrogens (tertiary/aromatic N) is 1. The second-order valence-corrected chi connectivity index (χ2v) is 8.24. The quantitative estimate of drug-likeness (QED) is 0.675.